The Kier molecular flexibility index (Phi) is 4.84. The Balaban J connectivity index is 1.74. The van der Waals surface area contributed by atoms with Crippen molar-refractivity contribution < 1.29 is 4.79 Å². The van der Waals surface area contributed by atoms with E-state index in [-0.39, 0.29) is 5.91 Å². The summed E-state index contributed by atoms with van der Waals surface area (Å²) in [5.74, 6) is 0.627. The van der Waals surface area contributed by atoms with Crippen LogP contribution in [0.4, 0.5) is 11.4 Å². The van der Waals surface area contributed by atoms with Crippen LogP contribution in [-0.2, 0) is 0 Å². The van der Waals surface area contributed by atoms with Gasteiger partial charge < -0.3 is 10.2 Å². The number of carbonyl (C=O) groups is 1. The van der Waals surface area contributed by atoms with E-state index in [1.54, 1.807) is 6.20 Å². The van der Waals surface area contributed by atoms with Gasteiger partial charge in [0, 0.05) is 30.7 Å². The molecule has 4 nitrogen and oxygen atoms in total. The first kappa shape index (κ1) is 16.5. The lowest BCUT2D eigenvalue weighted by Crippen LogP contribution is -2.33. The monoisotopic (exact) mass is 323 g/mol. The molecule has 1 amide bonds. The van der Waals surface area contributed by atoms with E-state index in [0.29, 0.717) is 5.69 Å². The normalized spacial score (nSPS) is 15.4. The fraction of sp³-hybridized carbons (Fsp3) is 0.400. The Labute approximate surface area is 143 Å². The van der Waals surface area contributed by atoms with Crippen LogP contribution in [0.2, 0.25) is 0 Å². The van der Waals surface area contributed by atoms with E-state index in [9.17, 15) is 4.79 Å². The number of benzene rings is 1. The Bertz CT molecular complexity index is 713. The molecule has 4 heteroatoms. The molecule has 1 aliphatic rings. The predicted molar refractivity (Wildman–Crippen MR) is 98.7 cm³/mol. The van der Waals surface area contributed by atoms with Crippen LogP contribution in [0.1, 0.15) is 41.4 Å². The molecule has 0 aliphatic carbocycles. The second kappa shape index (κ2) is 7.04. The molecular formula is C20H25N3O. The smallest absolute Gasteiger partial charge is 0.274 e. The number of hydrogen-bond acceptors (Lipinski definition) is 3. The van der Waals surface area contributed by atoms with Crippen LogP contribution in [0.3, 0.4) is 0 Å². The summed E-state index contributed by atoms with van der Waals surface area (Å²) in [4.78, 5) is 19.1. The van der Waals surface area contributed by atoms with Crippen molar-refractivity contribution in [2.45, 2.75) is 33.6 Å². The molecule has 0 saturated carbocycles. The number of anilines is 2. The molecule has 2 heterocycles. The topological polar surface area (TPSA) is 45.2 Å². The van der Waals surface area contributed by atoms with Crippen LogP contribution in [0.25, 0.3) is 0 Å². The van der Waals surface area contributed by atoms with Crippen molar-refractivity contribution in [3.63, 3.8) is 0 Å². The van der Waals surface area contributed by atoms with Crippen LogP contribution in [0.15, 0.2) is 36.5 Å². The highest BCUT2D eigenvalue weighted by molar-refractivity contribution is 6.03. The van der Waals surface area contributed by atoms with E-state index in [1.807, 2.05) is 38.1 Å². The molecule has 1 aromatic heterocycles. The van der Waals surface area contributed by atoms with Gasteiger partial charge >= 0.3 is 0 Å². The van der Waals surface area contributed by atoms with Gasteiger partial charge in [0.2, 0.25) is 0 Å². The van der Waals surface area contributed by atoms with E-state index in [0.717, 1.165) is 41.5 Å². The summed E-state index contributed by atoms with van der Waals surface area (Å²) in [7, 11) is 0. The van der Waals surface area contributed by atoms with Crippen molar-refractivity contribution in [2.75, 3.05) is 23.3 Å². The summed E-state index contributed by atoms with van der Waals surface area (Å²) >= 11 is 0. The highest BCUT2D eigenvalue weighted by Crippen LogP contribution is 2.23. The fourth-order valence-electron chi connectivity index (χ4n) is 3.25. The summed E-state index contributed by atoms with van der Waals surface area (Å²) in [5, 5.41) is 2.96. The first-order valence-corrected chi connectivity index (χ1v) is 8.62. The molecule has 24 heavy (non-hydrogen) atoms. The highest BCUT2D eigenvalue weighted by atomic mass is 16.1. The van der Waals surface area contributed by atoms with Crippen molar-refractivity contribution >= 4 is 17.3 Å². The minimum atomic E-state index is -0.160. The number of pyridine rings is 1. The summed E-state index contributed by atoms with van der Waals surface area (Å²) in [6.07, 6.45) is 4.13. The zero-order valence-electron chi connectivity index (χ0n) is 14.7. The van der Waals surface area contributed by atoms with Crippen molar-refractivity contribution in [3.05, 3.63) is 53.3 Å². The van der Waals surface area contributed by atoms with Gasteiger partial charge in [0.25, 0.3) is 5.91 Å². The summed E-state index contributed by atoms with van der Waals surface area (Å²) in [5.41, 5.74) is 4.63. The zero-order chi connectivity index (χ0) is 17.1. The maximum atomic E-state index is 12.5. The Hall–Kier alpha value is -2.36. The van der Waals surface area contributed by atoms with E-state index in [4.69, 9.17) is 0 Å². The number of carbonyl (C=O) groups excluding carboxylic acids is 1. The minimum Gasteiger partial charge on any atom is -0.371 e. The predicted octanol–water partition coefficient (Wildman–Crippen LogP) is 4.19. The molecule has 3 rings (SSSR count). The van der Waals surface area contributed by atoms with E-state index in [1.165, 1.54) is 12.8 Å². The quantitative estimate of drug-likeness (QED) is 0.921. The number of piperidine rings is 1. The Morgan fingerprint density at radius 2 is 1.79 bits per heavy atom. The molecule has 0 unspecified atom stereocenters. The molecule has 1 aromatic carbocycles. The van der Waals surface area contributed by atoms with Gasteiger partial charge in [0.15, 0.2) is 0 Å². The number of amides is 1. The standard InChI is InChI=1S/C20H25N3O/c1-14-5-8-23(9-6-14)18-4-7-21-19(13-18)20(24)22-17-11-15(2)10-16(3)12-17/h4,7,10-14H,5-6,8-9H2,1-3H3,(H,22,24). The van der Waals surface area contributed by atoms with Gasteiger partial charge in [0.05, 0.1) is 0 Å². The molecule has 1 N–H and O–H groups in total. The first-order chi connectivity index (χ1) is 11.5. The van der Waals surface area contributed by atoms with Gasteiger partial charge in [-0.15, -0.1) is 0 Å². The molecule has 126 valence electrons. The first-order valence-electron chi connectivity index (χ1n) is 8.62. The van der Waals surface area contributed by atoms with Crippen LogP contribution in [-0.4, -0.2) is 24.0 Å². The van der Waals surface area contributed by atoms with Crippen molar-refractivity contribution in [2.24, 2.45) is 5.92 Å². The maximum Gasteiger partial charge on any atom is 0.274 e. The van der Waals surface area contributed by atoms with Crippen molar-refractivity contribution in [1.82, 2.24) is 4.98 Å². The van der Waals surface area contributed by atoms with E-state index < -0.39 is 0 Å². The number of nitrogens with zero attached hydrogens (tertiary/aromatic N) is 2. The largest absolute Gasteiger partial charge is 0.371 e. The second-order valence-electron chi connectivity index (χ2n) is 6.90. The number of hydrogen-bond donors (Lipinski definition) is 1. The molecule has 0 atom stereocenters. The Morgan fingerprint density at radius 1 is 1.12 bits per heavy atom. The number of rotatable bonds is 3. The molecule has 1 saturated heterocycles. The summed E-state index contributed by atoms with van der Waals surface area (Å²) in [6.45, 7) is 8.44. The van der Waals surface area contributed by atoms with Gasteiger partial charge in [-0.2, -0.15) is 0 Å². The number of nitrogens with one attached hydrogen (secondary N) is 1. The summed E-state index contributed by atoms with van der Waals surface area (Å²) < 4.78 is 0. The zero-order valence-corrected chi connectivity index (χ0v) is 14.7. The number of aromatic nitrogens is 1. The molecule has 0 spiro atoms. The lowest BCUT2D eigenvalue weighted by atomic mass is 9.99. The molecule has 2 aromatic rings. The third kappa shape index (κ3) is 3.94. The summed E-state index contributed by atoms with van der Waals surface area (Å²) in [6, 6.07) is 9.92. The SMILES string of the molecule is Cc1cc(C)cc(NC(=O)c2cc(N3CCC(C)CC3)ccn2)c1. The fourth-order valence-corrected chi connectivity index (χ4v) is 3.25. The maximum absolute atomic E-state index is 12.5. The number of aryl methyl sites for hydroxylation is 2. The Morgan fingerprint density at radius 3 is 2.46 bits per heavy atom. The minimum absolute atomic E-state index is 0.160. The van der Waals surface area contributed by atoms with Gasteiger partial charge in [-0.3, -0.25) is 9.78 Å². The average Bonchev–Trinajstić information content (AvgIpc) is 2.54. The lowest BCUT2D eigenvalue weighted by Gasteiger charge is -2.32. The van der Waals surface area contributed by atoms with Gasteiger partial charge in [-0.05, 0) is 68.0 Å². The van der Waals surface area contributed by atoms with Crippen molar-refractivity contribution in [1.29, 1.82) is 0 Å². The molecule has 1 aliphatic heterocycles. The van der Waals surface area contributed by atoms with E-state index >= 15 is 0 Å². The van der Waals surface area contributed by atoms with Crippen LogP contribution in [0.5, 0.6) is 0 Å². The highest BCUT2D eigenvalue weighted by Gasteiger charge is 2.17. The molecule has 1 fully saturated rings. The van der Waals surface area contributed by atoms with Crippen LogP contribution >= 0.6 is 0 Å². The molecule has 0 bridgehead atoms. The average molecular weight is 323 g/mol. The lowest BCUT2D eigenvalue weighted by molar-refractivity contribution is 0.102. The molecular weight excluding hydrogens is 298 g/mol. The van der Waals surface area contributed by atoms with Gasteiger partial charge in [-0.1, -0.05) is 13.0 Å². The van der Waals surface area contributed by atoms with Crippen LogP contribution in [0, 0.1) is 19.8 Å². The third-order valence-electron chi connectivity index (χ3n) is 4.60. The van der Waals surface area contributed by atoms with Gasteiger partial charge in [0.1, 0.15) is 5.69 Å². The van der Waals surface area contributed by atoms with E-state index in [2.05, 4.69) is 28.2 Å². The second-order valence-corrected chi connectivity index (χ2v) is 6.90. The molecule has 0 radical (unpaired) electrons. The van der Waals surface area contributed by atoms with Crippen LogP contribution < -0.4 is 10.2 Å². The third-order valence-corrected chi connectivity index (χ3v) is 4.60. The van der Waals surface area contributed by atoms with Gasteiger partial charge in [-0.25, -0.2) is 0 Å². The van der Waals surface area contributed by atoms with Crippen molar-refractivity contribution in [3.8, 4) is 0 Å².